The van der Waals surface area contributed by atoms with Gasteiger partial charge in [-0.25, -0.2) is 0 Å². The maximum Gasteiger partial charge on any atom is -0.412 e. The van der Waals surface area contributed by atoms with Gasteiger partial charge in [0.25, 0.3) is 0 Å². The number of rotatable bonds is 6. The Morgan fingerprint density at radius 1 is 1.17 bits per heavy atom. The van der Waals surface area contributed by atoms with Crippen molar-refractivity contribution in [1.82, 2.24) is 4.57 Å². The van der Waals surface area contributed by atoms with Gasteiger partial charge in [0, 0.05) is 0 Å². The molecule has 1 aromatic heterocycles. The summed E-state index contributed by atoms with van der Waals surface area (Å²) >= 11 is -1.02. The van der Waals surface area contributed by atoms with Crippen molar-refractivity contribution >= 4 is 19.5 Å². The van der Waals surface area contributed by atoms with Gasteiger partial charge in [-0.3, -0.25) is 0 Å². The van der Waals surface area contributed by atoms with Crippen LogP contribution in [0.15, 0.2) is 47.3 Å². The Balaban J connectivity index is 0.00000240. The summed E-state index contributed by atoms with van der Waals surface area (Å²) < 4.78 is 4.79. The zero-order chi connectivity index (χ0) is 19.8. The number of pyridine rings is 1. The van der Waals surface area contributed by atoms with Crippen molar-refractivity contribution in [3.63, 3.8) is 0 Å². The molecule has 0 amide bonds. The van der Waals surface area contributed by atoms with Gasteiger partial charge in [-0.15, -0.1) is 0 Å². The second kappa shape index (κ2) is 9.01. The summed E-state index contributed by atoms with van der Waals surface area (Å²) in [5.41, 5.74) is 5.00. The van der Waals surface area contributed by atoms with Gasteiger partial charge in [-0.1, -0.05) is 0 Å². The summed E-state index contributed by atoms with van der Waals surface area (Å²) in [4.78, 5) is 13.1. The monoisotopic (exact) mass is 580 g/mol. The standard InChI is InChI=1S/C22H23N2O.C2H5.Hg.H2O/c1-14-11-18(15(2)23-17-7-5-4-6-8-17)19-13-21(16-9-10-16)24(3)22(25)20(19)12-14;1-2;;/h4-7,11-13,15-16,23H,9-10H2,1-3H3;1H2,2H3;;1H2/t15-;;;/m1.../s1. The average Bonchev–Trinajstić information content (AvgIpc) is 3.51. The molecule has 2 aromatic carbocycles. The third-order valence-corrected chi connectivity index (χ3v) is 12.4. The molecule has 1 aliphatic carbocycles. The van der Waals surface area contributed by atoms with E-state index in [0.29, 0.717) is 5.92 Å². The van der Waals surface area contributed by atoms with Crippen molar-refractivity contribution in [2.75, 3.05) is 5.32 Å². The fourth-order valence-corrected chi connectivity index (χ4v) is 9.47. The molecule has 3 N–H and O–H groups in total. The summed E-state index contributed by atoms with van der Waals surface area (Å²) in [5.74, 6) is 0.555. The molecule has 0 aliphatic heterocycles. The Kier molecular flexibility index (Phi) is 6.85. The van der Waals surface area contributed by atoms with E-state index in [2.05, 4.69) is 62.5 Å². The third-order valence-electron chi connectivity index (χ3n) is 5.94. The summed E-state index contributed by atoms with van der Waals surface area (Å²) in [6.45, 7) is 6.62. The molecule has 3 aromatic rings. The Labute approximate surface area is 185 Å². The molecule has 0 saturated heterocycles. The first-order valence-corrected chi connectivity index (χ1v) is 17.1. The average molecular weight is 579 g/mol. The van der Waals surface area contributed by atoms with Crippen LogP contribution in [0.5, 0.6) is 0 Å². The molecule has 29 heavy (non-hydrogen) atoms. The van der Waals surface area contributed by atoms with Crippen LogP contribution in [-0.2, 0) is 31.6 Å². The summed E-state index contributed by atoms with van der Waals surface area (Å²) in [6.07, 6.45) is 2.40. The molecule has 1 aliphatic rings. The number of benzene rings is 2. The normalized spacial score (nSPS) is 14.2. The maximum absolute atomic E-state index is 13.1. The van der Waals surface area contributed by atoms with E-state index in [-0.39, 0.29) is 17.1 Å². The van der Waals surface area contributed by atoms with E-state index in [1.165, 1.54) is 33.7 Å². The van der Waals surface area contributed by atoms with Crippen LogP contribution >= 0.6 is 0 Å². The van der Waals surface area contributed by atoms with Crippen LogP contribution in [0, 0.1) is 6.92 Å². The molecule has 1 fully saturated rings. The number of hydrogen-bond donors (Lipinski definition) is 1. The largest absolute Gasteiger partial charge is 0.412 e. The van der Waals surface area contributed by atoms with Gasteiger partial charge in [0.05, 0.1) is 0 Å². The summed E-state index contributed by atoms with van der Waals surface area (Å²) in [6, 6.07) is 15.5. The van der Waals surface area contributed by atoms with Gasteiger partial charge < -0.3 is 5.48 Å². The van der Waals surface area contributed by atoms with Crippen LogP contribution in [-0.4, -0.2) is 10.0 Å². The number of hydrogen-bond acceptors (Lipinski definition) is 2. The van der Waals surface area contributed by atoms with E-state index < -0.39 is 24.6 Å². The minimum atomic E-state index is -1.02. The number of nitrogens with zero attached hydrogens (tertiary/aromatic N) is 1. The zero-order valence-electron chi connectivity index (χ0n) is 17.9. The van der Waals surface area contributed by atoms with Gasteiger partial charge >= 0.3 is 180 Å². The quantitative estimate of drug-likeness (QED) is 0.445. The molecule has 4 nitrogen and oxygen atoms in total. The predicted molar refractivity (Wildman–Crippen MR) is 118 cm³/mol. The van der Waals surface area contributed by atoms with Crippen LogP contribution in [0.4, 0.5) is 5.69 Å². The van der Waals surface area contributed by atoms with Gasteiger partial charge in [-0.2, -0.15) is 0 Å². The Hall–Kier alpha value is -1.65. The van der Waals surface area contributed by atoms with Crippen molar-refractivity contribution in [1.29, 1.82) is 0 Å². The third kappa shape index (κ3) is 4.43. The first kappa shape index (κ1) is 22.0. The minimum absolute atomic E-state index is 0. The van der Waals surface area contributed by atoms with Gasteiger partial charge in [0.15, 0.2) is 0 Å². The Bertz CT molecular complexity index is 1090. The molecular formula is C24H30HgN2O2. The molecule has 1 saturated carbocycles. The van der Waals surface area contributed by atoms with Crippen LogP contribution < -0.4 is 13.9 Å². The molecule has 0 unspecified atom stereocenters. The molecule has 1 heterocycles. The van der Waals surface area contributed by atoms with Gasteiger partial charge in [0.1, 0.15) is 0 Å². The van der Waals surface area contributed by atoms with Gasteiger partial charge in [0.2, 0.25) is 0 Å². The topological polar surface area (TPSA) is 65.5 Å². The van der Waals surface area contributed by atoms with E-state index in [0.717, 1.165) is 16.3 Å². The number of aryl methyl sites for hydroxylation is 1. The smallest absolute Gasteiger partial charge is 0.412 e. The summed E-state index contributed by atoms with van der Waals surface area (Å²) in [7, 11) is 1.92. The Morgan fingerprint density at radius 3 is 2.59 bits per heavy atom. The van der Waals surface area contributed by atoms with Crippen LogP contribution in [0.3, 0.4) is 0 Å². The van der Waals surface area contributed by atoms with E-state index in [9.17, 15) is 4.79 Å². The number of anilines is 1. The number of aromatic nitrogens is 1. The Morgan fingerprint density at radius 2 is 1.90 bits per heavy atom. The van der Waals surface area contributed by atoms with E-state index in [4.69, 9.17) is 0 Å². The maximum atomic E-state index is 13.1. The second-order valence-corrected chi connectivity index (χ2v) is 17.1. The predicted octanol–water partition coefficient (Wildman–Crippen LogP) is 4.22. The first-order valence-electron chi connectivity index (χ1n) is 10.5. The van der Waals surface area contributed by atoms with Crippen molar-refractivity contribution in [2.45, 2.75) is 49.5 Å². The fraction of sp³-hybridized carbons (Fsp3) is 0.375. The number of para-hydroxylation sites is 1. The van der Waals surface area contributed by atoms with Crippen molar-refractivity contribution in [3.05, 3.63) is 69.6 Å². The fourth-order valence-electron chi connectivity index (χ4n) is 4.29. The molecule has 1 atom stereocenters. The van der Waals surface area contributed by atoms with Crippen molar-refractivity contribution in [2.24, 2.45) is 7.05 Å². The minimum Gasteiger partial charge on any atom is -0.412 e. The van der Waals surface area contributed by atoms with Crippen LogP contribution in [0.25, 0.3) is 10.8 Å². The van der Waals surface area contributed by atoms with Crippen LogP contribution in [0.2, 0.25) is 3.93 Å². The van der Waals surface area contributed by atoms with E-state index in [1.54, 1.807) is 3.07 Å². The SMILES string of the molecule is C[CH2][Hg][c]1ccccc1N[C@H](C)c1cc(C)cc2c(=O)n(C)c(C3CC3)cc12.O. The van der Waals surface area contributed by atoms with Crippen LogP contribution in [0.1, 0.15) is 55.5 Å². The van der Waals surface area contributed by atoms with Gasteiger partial charge in [-0.05, 0) is 0 Å². The first-order chi connectivity index (χ1) is 13.5. The van der Waals surface area contributed by atoms with E-state index in [1.807, 2.05) is 17.7 Å². The molecular weight excluding hydrogens is 549 g/mol. The molecule has 0 radical (unpaired) electrons. The van der Waals surface area contributed by atoms with Crippen molar-refractivity contribution < 1.29 is 30.1 Å². The zero-order valence-corrected chi connectivity index (χ0v) is 23.4. The summed E-state index contributed by atoms with van der Waals surface area (Å²) in [5, 5.41) is 5.74. The van der Waals surface area contributed by atoms with E-state index >= 15 is 0 Å². The van der Waals surface area contributed by atoms with Crippen molar-refractivity contribution in [3.8, 4) is 0 Å². The number of nitrogens with one attached hydrogen (secondary N) is 1. The molecule has 5 heteroatoms. The number of fused-ring (bicyclic) bond motifs is 1. The second-order valence-electron chi connectivity index (χ2n) is 8.30. The molecule has 150 valence electrons. The molecule has 0 spiro atoms. The molecule has 0 bridgehead atoms. The molecule has 4 rings (SSSR count).